The number of pyridine rings is 1. The molecule has 1 aromatic carbocycles. The number of fused-ring (bicyclic) bond motifs is 1. The number of hydrogen-bond acceptors (Lipinski definition) is 4. The smallest absolute Gasteiger partial charge is 0.178 e. The van der Waals surface area contributed by atoms with Crippen LogP contribution in [0.4, 0.5) is 0 Å². The van der Waals surface area contributed by atoms with E-state index in [1.165, 1.54) is 0 Å². The third-order valence-corrected chi connectivity index (χ3v) is 3.52. The number of nitrogens with zero attached hydrogens (tertiary/aromatic N) is 2. The van der Waals surface area contributed by atoms with Gasteiger partial charge in [0.05, 0.1) is 17.7 Å². The molecule has 0 atom stereocenters. The van der Waals surface area contributed by atoms with Crippen LogP contribution in [-0.2, 0) is 0 Å². The van der Waals surface area contributed by atoms with Crippen LogP contribution in [0.2, 0.25) is 0 Å². The molecule has 0 amide bonds. The first-order chi connectivity index (χ1) is 9.88. The van der Waals surface area contributed by atoms with Crippen LogP contribution in [-0.4, -0.2) is 33.6 Å². The van der Waals surface area contributed by atoms with Crippen molar-refractivity contribution in [2.24, 2.45) is 0 Å². The fourth-order valence-electron chi connectivity index (χ4n) is 2.00. The third kappa shape index (κ3) is 3.49. The minimum Gasteiger partial charge on any atom is -0.492 e. The zero-order chi connectivity index (χ0) is 13.8. The van der Waals surface area contributed by atoms with E-state index in [2.05, 4.69) is 21.2 Å². The van der Waals surface area contributed by atoms with Gasteiger partial charge in [-0.2, -0.15) is 11.8 Å². The van der Waals surface area contributed by atoms with E-state index in [1.54, 1.807) is 18.0 Å². The van der Waals surface area contributed by atoms with Crippen LogP contribution in [0.25, 0.3) is 22.6 Å². The molecule has 0 aliphatic carbocycles. The van der Waals surface area contributed by atoms with Crippen LogP contribution in [0.1, 0.15) is 0 Å². The van der Waals surface area contributed by atoms with Crippen molar-refractivity contribution in [1.82, 2.24) is 15.0 Å². The lowest BCUT2D eigenvalue weighted by Gasteiger charge is -2.08. The highest BCUT2D eigenvalue weighted by Crippen LogP contribution is 2.28. The van der Waals surface area contributed by atoms with Crippen molar-refractivity contribution in [3.63, 3.8) is 0 Å². The molecule has 2 aromatic heterocycles. The number of nitrogens with one attached hydrogen (secondary N) is 1. The summed E-state index contributed by atoms with van der Waals surface area (Å²) in [6, 6.07) is 11.8. The van der Waals surface area contributed by atoms with Crippen LogP contribution in [0.3, 0.4) is 0 Å². The summed E-state index contributed by atoms with van der Waals surface area (Å²) < 4.78 is 5.83. The first kappa shape index (κ1) is 15.7. The molecule has 0 fully saturated rings. The lowest BCUT2D eigenvalue weighted by atomic mass is 10.2. The van der Waals surface area contributed by atoms with Crippen LogP contribution >= 0.6 is 24.2 Å². The number of para-hydroxylation sites is 1. The van der Waals surface area contributed by atoms with Gasteiger partial charge in [-0.25, -0.2) is 9.97 Å². The number of halogens is 1. The molecule has 0 unspecified atom stereocenters. The number of benzene rings is 1. The van der Waals surface area contributed by atoms with Gasteiger partial charge in [0.2, 0.25) is 0 Å². The van der Waals surface area contributed by atoms with Crippen LogP contribution in [0.15, 0.2) is 42.6 Å². The highest BCUT2D eigenvalue weighted by Gasteiger charge is 2.10. The molecule has 1 N–H and O–H groups in total. The lowest BCUT2D eigenvalue weighted by Crippen LogP contribution is -2.01. The van der Waals surface area contributed by atoms with Crippen molar-refractivity contribution in [1.29, 1.82) is 0 Å². The molecular formula is C15H16ClN3OS. The zero-order valence-corrected chi connectivity index (χ0v) is 13.2. The van der Waals surface area contributed by atoms with Crippen LogP contribution in [0.5, 0.6) is 5.75 Å². The summed E-state index contributed by atoms with van der Waals surface area (Å²) in [5, 5.41) is 0. The van der Waals surface area contributed by atoms with E-state index >= 15 is 0 Å². The topological polar surface area (TPSA) is 50.8 Å². The summed E-state index contributed by atoms with van der Waals surface area (Å²) in [5.41, 5.74) is 2.62. The molecule has 0 radical (unpaired) electrons. The van der Waals surface area contributed by atoms with Crippen molar-refractivity contribution < 1.29 is 4.74 Å². The van der Waals surface area contributed by atoms with E-state index in [4.69, 9.17) is 4.74 Å². The Morgan fingerprint density at radius 3 is 2.86 bits per heavy atom. The maximum Gasteiger partial charge on any atom is 0.178 e. The minimum absolute atomic E-state index is 0. The van der Waals surface area contributed by atoms with Gasteiger partial charge >= 0.3 is 0 Å². The number of aromatic amines is 1. The van der Waals surface area contributed by atoms with E-state index in [9.17, 15) is 0 Å². The van der Waals surface area contributed by atoms with E-state index in [1.807, 2.05) is 36.4 Å². The predicted molar refractivity (Wildman–Crippen MR) is 90.4 cm³/mol. The Bertz CT molecular complexity index is 684. The normalized spacial score (nSPS) is 10.3. The molecule has 0 aliphatic heterocycles. The van der Waals surface area contributed by atoms with Crippen molar-refractivity contribution in [2.75, 3.05) is 18.6 Å². The standard InChI is InChI=1S/C15H15N3OS.ClH/c1-20-10-9-19-13-7-3-2-5-11(13)14-17-12-6-4-8-16-15(12)18-14;/h2-8H,9-10H2,1H3,(H,16,17,18);1H. The molecule has 0 spiro atoms. The number of hydrogen-bond donors (Lipinski definition) is 1. The molecule has 3 aromatic rings. The summed E-state index contributed by atoms with van der Waals surface area (Å²) in [7, 11) is 0. The van der Waals surface area contributed by atoms with Gasteiger partial charge in [0.25, 0.3) is 0 Å². The van der Waals surface area contributed by atoms with Gasteiger partial charge in [0.1, 0.15) is 11.6 Å². The molecule has 0 bridgehead atoms. The molecule has 110 valence electrons. The second-order valence-corrected chi connectivity index (χ2v) is 5.28. The van der Waals surface area contributed by atoms with Crippen molar-refractivity contribution in [3.8, 4) is 17.1 Å². The van der Waals surface area contributed by atoms with Gasteiger partial charge in [0.15, 0.2) is 5.65 Å². The summed E-state index contributed by atoms with van der Waals surface area (Å²) in [4.78, 5) is 12.0. The van der Waals surface area contributed by atoms with Gasteiger partial charge < -0.3 is 9.72 Å². The van der Waals surface area contributed by atoms with Gasteiger partial charge in [-0.15, -0.1) is 12.4 Å². The van der Waals surface area contributed by atoms with Gasteiger partial charge in [0, 0.05) is 11.9 Å². The fraction of sp³-hybridized carbons (Fsp3) is 0.200. The van der Waals surface area contributed by atoms with Crippen molar-refractivity contribution in [2.45, 2.75) is 0 Å². The maximum atomic E-state index is 5.83. The quantitative estimate of drug-likeness (QED) is 0.726. The Morgan fingerprint density at radius 2 is 2.05 bits per heavy atom. The second-order valence-electron chi connectivity index (χ2n) is 4.30. The SMILES string of the molecule is CSCCOc1ccccc1-c1nc2ncccc2[nH]1.Cl. The minimum atomic E-state index is 0. The molecule has 3 rings (SSSR count). The maximum absolute atomic E-state index is 5.83. The summed E-state index contributed by atoms with van der Waals surface area (Å²) >= 11 is 1.77. The second kappa shape index (κ2) is 7.33. The molecule has 0 saturated heterocycles. The fourth-order valence-corrected chi connectivity index (χ4v) is 2.25. The highest BCUT2D eigenvalue weighted by molar-refractivity contribution is 7.98. The zero-order valence-electron chi connectivity index (χ0n) is 11.6. The first-order valence-electron chi connectivity index (χ1n) is 6.40. The molecular weight excluding hydrogens is 306 g/mol. The molecule has 0 saturated carbocycles. The molecule has 21 heavy (non-hydrogen) atoms. The van der Waals surface area contributed by atoms with Gasteiger partial charge in [-0.05, 0) is 30.5 Å². The number of imidazole rings is 1. The summed E-state index contributed by atoms with van der Waals surface area (Å²) in [6.07, 6.45) is 3.81. The van der Waals surface area contributed by atoms with E-state index in [-0.39, 0.29) is 12.4 Å². The average Bonchev–Trinajstić information content (AvgIpc) is 2.92. The van der Waals surface area contributed by atoms with Crippen LogP contribution < -0.4 is 4.74 Å². The van der Waals surface area contributed by atoms with Crippen molar-refractivity contribution >= 4 is 35.3 Å². The van der Waals surface area contributed by atoms with E-state index in [0.717, 1.165) is 34.1 Å². The van der Waals surface area contributed by atoms with Gasteiger partial charge in [-0.3, -0.25) is 0 Å². The Labute approximate surface area is 133 Å². The molecule has 0 aliphatic rings. The van der Waals surface area contributed by atoms with E-state index < -0.39 is 0 Å². The molecule has 6 heteroatoms. The molecule has 2 heterocycles. The summed E-state index contributed by atoms with van der Waals surface area (Å²) in [5.74, 6) is 2.61. The summed E-state index contributed by atoms with van der Waals surface area (Å²) in [6.45, 7) is 0.691. The monoisotopic (exact) mass is 321 g/mol. The Hall–Kier alpha value is -1.72. The van der Waals surface area contributed by atoms with Crippen molar-refractivity contribution in [3.05, 3.63) is 42.6 Å². The Balaban J connectivity index is 0.00000161. The number of aromatic nitrogens is 3. The van der Waals surface area contributed by atoms with E-state index in [0.29, 0.717) is 6.61 Å². The Kier molecular flexibility index (Phi) is 5.47. The number of rotatable bonds is 5. The highest BCUT2D eigenvalue weighted by atomic mass is 35.5. The predicted octanol–water partition coefficient (Wildman–Crippen LogP) is 3.79. The number of thioether (sulfide) groups is 1. The largest absolute Gasteiger partial charge is 0.492 e. The third-order valence-electron chi connectivity index (χ3n) is 2.94. The lowest BCUT2D eigenvalue weighted by molar-refractivity contribution is 0.345. The average molecular weight is 322 g/mol. The molecule has 4 nitrogen and oxygen atoms in total. The van der Waals surface area contributed by atoms with Crippen LogP contribution in [0, 0.1) is 0 Å². The number of ether oxygens (including phenoxy) is 1. The number of H-pyrrole nitrogens is 1. The first-order valence-corrected chi connectivity index (χ1v) is 7.80. The van der Waals surface area contributed by atoms with Gasteiger partial charge in [-0.1, -0.05) is 12.1 Å². The Morgan fingerprint density at radius 1 is 1.19 bits per heavy atom.